The van der Waals surface area contributed by atoms with E-state index in [9.17, 15) is 28.0 Å². The van der Waals surface area contributed by atoms with E-state index in [-0.39, 0.29) is 35.3 Å². The summed E-state index contributed by atoms with van der Waals surface area (Å²) in [5.74, 6) is -0.613. The number of carbonyl (C=O) groups is 3. The van der Waals surface area contributed by atoms with Gasteiger partial charge in [-0.25, -0.2) is 28.1 Å². The number of fused-ring (bicyclic) bond motifs is 2. The predicted molar refractivity (Wildman–Crippen MR) is 196 cm³/mol. The van der Waals surface area contributed by atoms with E-state index in [0.29, 0.717) is 35.4 Å². The number of nitrogens with zero attached hydrogens (tertiary/aromatic N) is 8. The number of para-hydroxylation sites is 1. The SMILES string of the molecule is CN(CC1CCC(c2nc(NC(=O)c3cnn4cccnc34)c(C(F)F)[nH]2)CC1)C1CCN(c2cccc3c2n(C)c(=O)n3C2CCC(=O)NC2=O)CC1. The number of imidazole rings is 2. The molecule has 5 aromatic rings. The number of alkyl halides is 2. The minimum Gasteiger partial charge on any atom is -0.370 e. The Hall–Kier alpha value is -5.45. The van der Waals surface area contributed by atoms with Crippen LogP contribution in [-0.4, -0.2) is 89.0 Å². The first-order valence-corrected chi connectivity index (χ1v) is 18.5. The van der Waals surface area contributed by atoms with E-state index >= 15 is 0 Å². The third-order valence-corrected chi connectivity index (χ3v) is 11.5. The number of H-pyrrole nitrogens is 1. The molecule has 1 aliphatic carbocycles. The Labute approximate surface area is 308 Å². The second-order valence-corrected chi connectivity index (χ2v) is 14.8. The summed E-state index contributed by atoms with van der Waals surface area (Å²) in [6.07, 6.45) is 7.58. The molecule has 2 saturated heterocycles. The zero-order valence-corrected chi connectivity index (χ0v) is 30.2. The lowest BCUT2D eigenvalue weighted by atomic mass is 9.81. The van der Waals surface area contributed by atoms with Gasteiger partial charge in [-0.3, -0.25) is 28.8 Å². The third kappa shape index (κ3) is 6.54. The zero-order chi connectivity index (χ0) is 37.7. The van der Waals surface area contributed by atoms with Gasteiger partial charge in [0.05, 0.1) is 22.9 Å². The minimum absolute atomic E-state index is 0.0138. The van der Waals surface area contributed by atoms with Crippen molar-refractivity contribution in [3.8, 4) is 0 Å². The first-order chi connectivity index (χ1) is 26.1. The zero-order valence-electron chi connectivity index (χ0n) is 30.2. The molecule has 3 fully saturated rings. The normalized spacial score (nSPS) is 21.4. The van der Waals surface area contributed by atoms with Gasteiger partial charge in [-0.2, -0.15) is 5.10 Å². The highest BCUT2D eigenvalue weighted by Gasteiger charge is 2.34. The van der Waals surface area contributed by atoms with Crippen LogP contribution in [-0.2, 0) is 16.6 Å². The highest BCUT2D eigenvalue weighted by molar-refractivity contribution is 6.08. The van der Waals surface area contributed by atoms with Crippen LogP contribution in [0.4, 0.5) is 20.3 Å². The van der Waals surface area contributed by atoms with Crippen molar-refractivity contribution in [2.45, 2.75) is 75.8 Å². The van der Waals surface area contributed by atoms with E-state index < -0.39 is 30.0 Å². The van der Waals surface area contributed by atoms with Gasteiger partial charge in [-0.1, -0.05) is 6.07 Å². The van der Waals surface area contributed by atoms with Gasteiger partial charge in [0.2, 0.25) is 11.8 Å². The summed E-state index contributed by atoms with van der Waals surface area (Å²) in [5, 5.41) is 9.04. The summed E-state index contributed by atoms with van der Waals surface area (Å²) in [6, 6.07) is 7.15. The quantitative estimate of drug-likeness (QED) is 0.188. The highest BCUT2D eigenvalue weighted by Crippen LogP contribution is 2.38. The number of hydrogen-bond donors (Lipinski definition) is 3. The number of aromatic nitrogens is 7. The fourth-order valence-electron chi connectivity index (χ4n) is 8.64. The summed E-state index contributed by atoms with van der Waals surface area (Å²) >= 11 is 0. The number of aromatic amines is 1. The molecule has 15 nitrogen and oxygen atoms in total. The van der Waals surface area contributed by atoms with Crippen LogP contribution in [0.25, 0.3) is 16.7 Å². The molecule has 1 atom stereocenters. The molecule has 3 amide bonds. The summed E-state index contributed by atoms with van der Waals surface area (Å²) < 4.78 is 32.7. The molecule has 3 N–H and O–H groups in total. The summed E-state index contributed by atoms with van der Waals surface area (Å²) in [5.41, 5.74) is 2.24. The van der Waals surface area contributed by atoms with E-state index in [1.807, 2.05) is 18.2 Å². The van der Waals surface area contributed by atoms with E-state index in [0.717, 1.165) is 69.4 Å². The molecule has 3 aliphatic rings. The lowest BCUT2D eigenvalue weighted by Gasteiger charge is -2.40. The maximum absolute atomic E-state index is 14.1. The van der Waals surface area contributed by atoms with Crippen LogP contribution in [0.15, 0.2) is 47.7 Å². The van der Waals surface area contributed by atoms with E-state index in [4.69, 9.17) is 0 Å². The van der Waals surface area contributed by atoms with Crippen LogP contribution in [0, 0.1) is 5.92 Å². The number of piperidine rings is 2. The monoisotopic (exact) mass is 743 g/mol. The van der Waals surface area contributed by atoms with Crippen molar-refractivity contribution in [2.75, 3.05) is 36.9 Å². The fourth-order valence-corrected chi connectivity index (χ4v) is 8.64. The van der Waals surface area contributed by atoms with Crippen molar-refractivity contribution >= 4 is 45.9 Å². The Bertz CT molecular complexity index is 2280. The number of nitrogens with one attached hydrogen (secondary N) is 3. The first kappa shape index (κ1) is 35.6. The van der Waals surface area contributed by atoms with Gasteiger partial charge >= 0.3 is 5.69 Å². The Kier molecular flexibility index (Phi) is 9.49. The Morgan fingerprint density at radius 3 is 2.57 bits per heavy atom. The lowest BCUT2D eigenvalue weighted by Crippen LogP contribution is -2.45. The average molecular weight is 744 g/mol. The third-order valence-electron chi connectivity index (χ3n) is 11.5. The van der Waals surface area contributed by atoms with E-state index in [1.54, 1.807) is 23.9 Å². The number of aryl methyl sites for hydroxylation is 1. The van der Waals surface area contributed by atoms with Gasteiger partial charge in [0.1, 0.15) is 23.1 Å². The molecule has 0 radical (unpaired) electrons. The van der Waals surface area contributed by atoms with E-state index in [2.05, 4.69) is 47.5 Å². The summed E-state index contributed by atoms with van der Waals surface area (Å²) in [7, 11) is 3.90. The fraction of sp³-hybridized carbons (Fsp3) is 0.486. The summed E-state index contributed by atoms with van der Waals surface area (Å²) in [6.45, 7) is 2.57. The molecule has 2 aliphatic heterocycles. The molecular weight excluding hydrogens is 700 g/mol. The molecule has 17 heteroatoms. The number of rotatable bonds is 9. The predicted octanol–water partition coefficient (Wildman–Crippen LogP) is 4.15. The van der Waals surface area contributed by atoms with Crippen LogP contribution in [0.2, 0.25) is 0 Å². The van der Waals surface area contributed by atoms with E-state index in [1.165, 1.54) is 21.5 Å². The van der Waals surface area contributed by atoms with Crippen molar-refractivity contribution < 1.29 is 23.2 Å². The van der Waals surface area contributed by atoms with Gasteiger partial charge in [0.25, 0.3) is 12.3 Å². The van der Waals surface area contributed by atoms with Crippen molar-refractivity contribution in [1.29, 1.82) is 0 Å². The highest BCUT2D eigenvalue weighted by atomic mass is 19.3. The molecule has 4 aromatic heterocycles. The van der Waals surface area contributed by atoms with Gasteiger partial charge in [0.15, 0.2) is 11.5 Å². The second-order valence-electron chi connectivity index (χ2n) is 14.8. The molecule has 0 bridgehead atoms. The molecule has 6 heterocycles. The Morgan fingerprint density at radius 1 is 1.06 bits per heavy atom. The summed E-state index contributed by atoms with van der Waals surface area (Å²) in [4.78, 5) is 67.1. The lowest BCUT2D eigenvalue weighted by molar-refractivity contribution is -0.135. The molecule has 1 aromatic carbocycles. The largest absolute Gasteiger partial charge is 0.370 e. The molecule has 54 heavy (non-hydrogen) atoms. The number of imide groups is 1. The van der Waals surface area contributed by atoms with Crippen molar-refractivity contribution in [2.24, 2.45) is 13.0 Å². The number of benzene rings is 1. The van der Waals surface area contributed by atoms with Crippen LogP contribution < -0.4 is 21.2 Å². The number of carbonyl (C=O) groups excluding carboxylic acids is 3. The van der Waals surface area contributed by atoms with Crippen LogP contribution in [0.1, 0.15) is 91.6 Å². The molecule has 8 rings (SSSR count). The van der Waals surface area contributed by atoms with Crippen molar-refractivity contribution in [1.82, 2.24) is 43.9 Å². The Morgan fingerprint density at radius 2 is 1.83 bits per heavy atom. The maximum Gasteiger partial charge on any atom is 0.329 e. The standard InChI is InChI=1S/C37H43F2N11O4/c1-46(23-13-17-48(18-14-23)25-5-3-6-26-30(25)47(2)37(54)50(26)27-11-12-28(51)42-36(27)53)20-21-7-9-22(10-8-21)32-43-29(31(38)39)33(44-32)45-35(52)24-19-41-49-16-4-15-40-34(24)49/h3-6,15-16,19,21-23,27,31H,7-14,17-18,20H2,1-2H3,(H,43,44)(H,45,52)(H,42,51,53). The average Bonchev–Trinajstić information content (AvgIpc) is 3.87. The van der Waals surface area contributed by atoms with Crippen LogP contribution >= 0.6 is 0 Å². The second kappa shape index (κ2) is 14.4. The van der Waals surface area contributed by atoms with Crippen molar-refractivity contribution in [3.63, 3.8) is 0 Å². The smallest absolute Gasteiger partial charge is 0.329 e. The van der Waals surface area contributed by atoms with Crippen LogP contribution in [0.3, 0.4) is 0 Å². The van der Waals surface area contributed by atoms with Gasteiger partial charge < -0.3 is 20.1 Å². The molecule has 1 unspecified atom stereocenters. The molecule has 0 spiro atoms. The number of amides is 3. The molecule has 284 valence electrons. The van der Waals surface area contributed by atoms with Gasteiger partial charge in [-0.15, -0.1) is 0 Å². The molecule has 1 saturated carbocycles. The van der Waals surface area contributed by atoms with Gasteiger partial charge in [0, 0.05) is 57.5 Å². The minimum atomic E-state index is -2.83. The number of anilines is 2. The first-order valence-electron chi connectivity index (χ1n) is 18.5. The van der Waals surface area contributed by atoms with Gasteiger partial charge in [-0.05, 0) is 76.1 Å². The number of hydrogen-bond acceptors (Lipinski definition) is 9. The Balaban J connectivity index is 0.868. The topological polar surface area (TPSA) is 168 Å². The van der Waals surface area contributed by atoms with Crippen molar-refractivity contribution in [3.05, 3.63) is 70.4 Å². The molecular formula is C37H43F2N11O4. The maximum atomic E-state index is 14.1. The van der Waals surface area contributed by atoms with Crippen LogP contribution in [0.5, 0.6) is 0 Å². The number of halogens is 2.